The summed E-state index contributed by atoms with van der Waals surface area (Å²) in [5.41, 5.74) is 0.304. The van der Waals surface area contributed by atoms with Gasteiger partial charge in [-0.3, -0.25) is 4.98 Å². The van der Waals surface area contributed by atoms with Crippen LogP contribution in [0.25, 0.3) is 10.9 Å². The second-order valence-electron chi connectivity index (χ2n) is 9.37. The molecule has 1 saturated heterocycles. The molecule has 0 unspecified atom stereocenters. The zero-order valence-corrected chi connectivity index (χ0v) is 21.1. The lowest BCUT2D eigenvalue weighted by atomic mass is 9.69. The first-order chi connectivity index (χ1) is 17.7. The Morgan fingerprint density at radius 2 is 1.81 bits per heavy atom. The number of methoxy groups -OCH3 is 1. The quantitative estimate of drug-likeness (QED) is 0.295. The summed E-state index contributed by atoms with van der Waals surface area (Å²) in [7, 11) is 1.52. The summed E-state index contributed by atoms with van der Waals surface area (Å²) in [5, 5.41) is 15.2. The van der Waals surface area contributed by atoms with Crippen LogP contribution in [-0.2, 0) is 0 Å². The summed E-state index contributed by atoms with van der Waals surface area (Å²) in [4.78, 5) is 4.28. The van der Waals surface area contributed by atoms with Crippen molar-refractivity contribution in [1.29, 1.82) is 0 Å². The van der Waals surface area contributed by atoms with Gasteiger partial charge in [0.05, 0.1) is 30.4 Å². The van der Waals surface area contributed by atoms with Crippen LogP contribution in [0.5, 0.6) is 11.5 Å². The Labute approximate surface area is 217 Å². The normalized spacial score (nSPS) is 16.9. The molecule has 0 amide bonds. The minimum absolute atomic E-state index is 0.0728. The van der Waals surface area contributed by atoms with Gasteiger partial charge in [0, 0.05) is 35.7 Å². The summed E-state index contributed by atoms with van der Waals surface area (Å²) >= 11 is 6.37. The average molecular weight is 541 g/mol. The molecule has 2 atom stereocenters. The van der Waals surface area contributed by atoms with Crippen molar-refractivity contribution in [1.82, 2.24) is 10.3 Å². The SMILES string of the molecule is COc1ccc2ncc(Cl)c([C@H](F)CCC3([C@@H](O)CCOc4c(F)cc(F)cc4F)CCNCC3)c2c1. The molecule has 0 radical (unpaired) electrons. The topological polar surface area (TPSA) is 63.6 Å². The van der Waals surface area contributed by atoms with Gasteiger partial charge in [0.25, 0.3) is 0 Å². The van der Waals surface area contributed by atoms with Crippen LogP contribution in [0.4, 0.5) is 17.6 Å². The van der Waals surface area contributed by atoms with Crippen molar-refractivity contribution < 1.29 is 32.1 Å². The van der Waals surface area contributed by atoms with Gasteiger partial charge in [-0.1, -0.05) is 11.6 Å². The number of nitrogens with zero attached hydrogens (tertiary/aromatic N) is 1. The van der Waals surface area contributed by atoms with E-state index in [1.165, 1.54) is 13.3 Å². The van der Waals surface area contributed by atoms with Crippen molar-refractivity contribution >= 4 is 22.5 Å². The fraction of sp³-hybridized carbons (Fsp3) is 0.444. The monoisotopic (exact) mass is 540 g/mol. The minimum atomic E-state index is -1.41. The Hall–Kier alpha value is -2.62. The van der Waals surface area contributed by atoms with Crippen molar-refractivity contribution in [3.05, 3.63) is 64.6 Å². The van der Waals surface area contributed by atoms with Crippen LogP contribution in [0.3, 0.4) is 0 Å². The third-order valence-corrected chi connectivity index (χ3v) is 7.49. The van der Waals surface area contributed by atoms with Gasteiger partial charge >= 0.3 is 0 Å². The summed E-state index contributed by atoms with van der Waals surface area (Å²) in [6.45, 7) is 1.11. The molecule has 0 spiro atoms. The van der Waals surface area contributed by atoms with E-state index in [9.17, 15) is 18.3 Å². The summed E-state index contributed by atoms with van der Waals surface area (Å²) in [5.74, 6) is -3.48. The molecule has 0 bridgehead atoms. The van der Waals surface area contributed by atoms with Crippen LogP contribution in [0.15, 0.2) is 36.5 Å². The lowest BCUT2D eigenvalue weighted by molar-refractivity contribution is -0.0228. The number of alkyl halides is 1. The number of nitrogens with one attached hydrogen (secondary N) is 1. The molecule has 5 nitrogen and oxygen atoms in total. The fourth-order valence-electron chi connectivity index (χ4n) is 5.09. The van der Waals surface area contributed by atoms with E-state index in [0.29, 0.717) is 66.7 Å². The molecular weight excluding hydrogens is 512 g/mol. The second kappa shape index (κ2) is 11.8. The number of ether oxygens (including phenoxy) is 2. The van der Waals surface area contributed by atoms with E-state index >= 15 is 4.39 Å². The molecule has 1 aromatic heterocycles. The van der Waals surface area contributed by atoms with E-state index in [0.717, 1.165) is 0 Å². The maximum Gasteiger partial charge on any atom is 0.190 e. The highest BCUT2D eigenvalue weighted by atomic mass is 35.5. The first-order valence-corrected chi connectivity index (χ1v) is 12.5. The maximum atomic E-state index is 15.8. The lowest BCUT2D eigenvalue weighted by Crippen LogP contribution is -2.45. The Bertz CT molecular complexity index is 1220. The van der Waals surface area contributed by atoms with Gasteiger partial charge in [-0.15, -0.1) is 0 Å². The molecule has 2 N–H and O–H groups in total. The standard InChI is InChI=1S/C27H29ClF4N2O3/c1-36-17-2-3-23-18(14-17)25(19(28)15-34-23)20(30)4-6-27(7-9-33-10-8-27)24(35)5-11-37-26-21(31)12-16(29)13-22(26)32/h2-3,12-15,20,24,33,35H,4-11H2,1H3/t20-,24+/m1/s1. The van der Waals surface area contributed by atoms with Gasteiger partial charge in [-0.2, -0.15) is 0 Å². The summed E-state index contributed by atoms with van der Waals surface area (Å²) in [6.07, 6.45) is 0.843. The average Bonchev–Trinajstić information content (AvgIpc) is 2.88. The first-order valence-electron chi connectivity index (χ1n) is 12.2. The Morgan fingerprint density at radius 1 is 1.11 bits per heavy atom. The Morgan fingerprint density at radius 3 is 2.49 bits per heavy atom. The molecule has 10 heteroatoms. The third kappa shape index (κ3) is 6.10. The highest BCUT2D eigenvalue weighted by Crippen LogP contribution is 2.43. The molecule has 0 saturated carbocycles. The molecule has 2 aromatic carbocycles. The molecule has 1 aliphatic rings. The molecule has 37 heavy (non-hydrogen) atoms. The van der Waals surface area contributed by atoms with Gasteiger partial charge in [0.15, 0.2) is 17.4 Å². The number of hydrogen-bond donors (Lipinski definition) is 2. The molecule has 2 heterocycles. The molecule has 4 rings (SSSR count). The fourth-order valence-corrected chi connectivity index (χ4v) is 5.36. The van der Waals surface area contributed by atoms with Crippen LogP contribution in [-0.4, -0.2) is 43.0 Å². The van der Waals surface area contributed by atoms with Crippen LogP contribution < -0.4 is 14.8 Å². The number of piperidine rings is 1. The number of aromatic nitrogens is 1. The smallest absolute Gasteiger partial charge is 0.190 e. The first kappa shape index (κ1) is 27.4. The molecule has 1 fully saturated rings. The number of benzene rings is 2. The highest BCUT2D eigenvalue weighted by Gasteiger charge is 2.39. The van der Waals surface area contributed by atoms with E-state index in [4.69, 9.17) is 21.1 Å². The number of pyridine rings is 1. The predicted molar refractivity (Wildman–Crippen MR) is 133 cm³/mol. The maximum absolute atomic E-state index is 15.8. The van der Waals surface area contributed by atoms with Gasteiger partial charge in [-0.25, -0.2) is 17.6 Å². The van der Waals surface area contributed by atoms with Crippen molar-refractivity contribution in [3.63, 3.8) is 0 Å². The summed E-state index contributed by atoms with van der Waals surface area (Å²) < 4.78 is 67.2. The highest BCUT2D eigenvalue weighted by molar-refractivity contribution is 6.32. The number of aliphatic hydroxyl groups excluding tert-OH is 1. The number of halogens is 5. The Balaban J connectivity index is 1.47. The zero-order chi connectivity index (χ0) is 26.6. The Kier molecular flexibility index (Phi) is 8.77. The summed E-state index contributed by atoms with van der Waals surface area (Å²) in [6, 6.07) is 6.26. The van der Waals surface area contributed by atoms with Crippen LogP contribution in [0, 0.1) is 22.9 Å². The van der Waals surface area contributed by atoms with Crippen molar-refractivity contribution in [3.8, 4) is 11.5 Å². The zero-order valence-electron chi connectivity index (χ0n) is 20.4. The van der Waals surface area contributed by atoms with Crippen molar-refractivity contribution in [2.45, 2.75) is 44.4 Å². The molecule has 0 aliphatic carbocycles. The molecular formula is C27H29ClF4N2O3. The molecule has 1 aliphatic heterocycles. The van der Waals surface area contributed by atoms with Gasteiger partial charge in [-0.05, 0) is 62.4 Å². The van der Waals surface area contributed by atoms with Crippen LogP contribution in [0.2, 0.25) is 5.02 Å². The van der Waals surface area contributed by atoms with Crippen LogP contribution >= 0.6 is 11.6 Å². The van der Waals surface area contributed by atoms with E-state index in [1.54, 1.807) is 18.2 Å². The second-order valence-corrected chi connectivity index (χ2v) is 9.78. The van der Waals surface area contributed by atoms with Crippen molar-refractivity contribution in [2.75, 3.05) is 26.8 Å². The number of rotatable bonds is 10. The van der Waals surface area contributed by atoms with Crippen LogP contribution in [0.1, 0.15) is 43.8 Å². The largest absolute Gasteiger partial charge is 0.497 e. The van der Waals surface area contributed by atoms with Gasteiger partial charge < -0.3 is 19.9 Å². The molecule has 3 aromatic rings. The van der Waals surface area contributed by atoms with Gasteiger partial charge in [0.1, 0.15) is 17.7 Å². The number of aliphatic hydroxyl groups is 1. The number of fused-ring (bicyclic) bond motifs is 1. The minimum Gasteiger partial charge on any atom is -0.497 e. The number of hydrogen-bond acceptors (Lipinski definition) is 5. The van der Waals surface area contributed by atoms with E-state index in [2.05, 4.69) is 10.3 Å². The predicted octanol–water partition coefficient (Wildman–Crippen LogP) is 6.30. The molecule has 200 valence electrons. The van der Waals surface area contributed by atoms with E-state index in [-0.39, 0.29) is 24.5 Å². The van der Waals surface area contributed by atoms with E-state index in [1.807, 2.05) is 0 Å². The lowest BCUT2D eigenvalue weighted by Gasteiger charge is -2.42. The van der Waals surface area contributed by atoms with Gasteiger partial charge in [0.2, 0.25) is 0 Å². The van der Waals surface area contributed by atoms with Crippen molar-refractivity contribution in [2.24, 2.45) is 5.41 Å². The third-order valence-electron chi connectivity index (χ3n) is 7.18. The van der Waals surface area contributed by atoms with E-state index < -0.39 is 40.9 Å².